The lowest BCUT2D eigenvalue weighted by molar-refractivity contribution is 0.107. The number of hydrogen-bond donors (Lipinski definition) is 1. The van der Waals surface area contributed by atoms with E-state index < -0.39 is 29.5 Å². The van der Waals surface area contributed by atoms with Crippen LogP contribution in [-0.2, 0) is 0 Å². The zero-order chi connectivity index (χ0) is 31.0. The third-order valence-electron chi connectivity index (χ3n) is 10.5. The molecule has 0 spiro atoms. The molecule has 4 aromatic rings. The number of nitrogens with one attached hydrogen (secondary N) is 1. The highest BCUT2D eigenvalue weighted by molar-refractivity contribution is 6.01. The van der Waals surface area contributed by atoms with Gasteiger partial charge in [0, 0.05) is 50.1 Å². The summed E-state index contributed by atoms with van der Waals surface area (Å²) < 4.78 is 68.8. The Balaban J connectivity index is 1.33. The van der Waals surface area contributed by atoms with Gasteiger partial charge in [-0.2, -0.15) is 9.97 Å². The number of piperazine rings is 1. The van der Waals surface area contributed by atoms with Crippen LogP contribution in [0.2, 0.25) is 0 Å². The quantitative estimate of drug-likeness (QED) is 0.261. The van der Waals surface area contributed by atoms with Crippen LogP contribution in [0.4, 0.5) is 23.4 Å². The van der Waals surface area contributed by atoms with E-state index in [1.54, 1.807) is 25.1 Å². The maximum absolute atomic E-state index is 16.9. The molecular formula is C34H36F4N6O. The lowest BCUT2D eigenvalue weighted by Gasteiger charge is -2.40. The summed E-state index contributed by atoms with van der Waals surface area (Å²) in [7, 11) is 0. The number of halogens is 4. The van der Waals surface area contributed by atoms with Crippen molar-refractivity contribution in [2.24, 2.45) is 0 Å². The van der Waals surface area contributed by atoms with Gasteiger partial charge in [0.1, 0.15) is 41.8 Å². The van der Waals surface area contributed by atoms with E-state index in [2.05, 4.69) is 32.0 Å². The topological polar surface area (TPSA) is 66.4 Å². The Bertz CT molecular complexity index is 1820. The molecule has 2 aromatic carbocycles. The summed E-state index contributed by atoms with van der Waals surface area (Å²) in [6.45, 7) is 6.20. The van der Waals surface area contributed by atoms with E-state index in [1.165, 1.54) is 6.07 Å². The molecule has 45 heavy (non-hydrogen) atoms. The van der Waals surface area contributed by atoms with Crippen molar-refractivity contribution < 1.29 is 22.3 Å². The molecule has 2 aromatic heterocycles. The van der Waals surface area contributed by atoms with E-state index in [0.29, 0.717) is 48.4 Å². The largest absolute Gasteiger partial charge is 0.461 e. The summed E-state index contributed by atoms with van der Waals surface area (Å²) in [5.41, 5.74) is 0.190. The third-order valence-corrected chi connectivity index (χ3v) is 10.5. The van der Waals surface area contributed by atoms with Crippen molar-refractivity contribution in [2.75, 3.05) is 37.7 Å². The number of anilines is 1. The minimum atomic E-state index is -1.50. The second kappa shape index (κ2) is 10.8. The molecule has 11 heteroatoms. The number of aryl methyl sites for hydroxylation is 1. The normalized spacial score (nSPS) is 28.0. The van der Waals surface area contributed by atoms with Crippen LogP contribution < -0.4 is 15.0 Å². The number of alkyl halides is 2. The van der Waals surface area contributed by atoms with Crippen LogP contribution in [0.25, 0.3) is 32.9 Å². The highest BCUT2D eigenvalue weighted by Gasteiger charge is 2.49. The maximum atomic E-state index is 16.9. The van der Waals surface area contributed by atoms with Gasteiger partial charge in [0.15, 0.2) is 5.82 Å². The van der Waals surface area contributed by atoms with Gasteiger partial charge < -0.3 is 15.0 Å². The van der Waals surface area contributed by atoms with Gasteiger partial charge >= 0.3 is 6.01 Å². The predicted octanol–water partition coefficient (Wildman–Crippen LogP) is 6.36. The summed E-state index contributed by atoms with van der Waals surface area (Å²) in [5.74, 6) is -0.754. The Labute approximate surface area is 259 Å². The second-order valence-corrected chi connectivity index (χ2v) is 13.2. The summed E-state index contributed by atoms with van der Waals surface area (Å²) in [4.78, 5) is 18.3. The number of rotatable bonds is 5. The van der Waals surface area contributed by atoms with E-state index in [9.17, 15) is 8.78 Å². The molecule has 0 amide bonds. The third kappa shape index (κ3) is 4.56. The summed E-state index contributed by atoms with van der Waals surface area (Å²) in [6.07, 6.45) is 0.705. The molecule has 8 rings (SSSR count). The van der Waals surface area contributed by atoms with Gasteiger partial charge in [-0.3, -0.25) is 4.90 Å². The van der Waals surface area contributed by atoms with Gasteiger partial charge in [-0.1, -0.05) is 31.2 Å². The second-order valence-electron chi connectivity index (χ2n) is 13.2. The first-order valence-corrected chi connectivity index (χ1v) is 16.0. The molecule has 0 radical (unpaired) electrons. The Kier molecular flexibility index (Phi) is 6.90. The minimum Gasteiger partial charge on any atom is -0.461 e. The Morgan fingerprint density at radius 1 is 1.07 bits per heavy atom. The lowest BCUT2D eigenvalue weighted by atomic mass is 9.95. The average molecular weight is 621 g/mol. The average Bonchev–Trinajstić information content (AvgIpc) is 3.53. The Hall–Kier alpha value is -3.57. The van der Waals surface area contributed by atoms with E-state index in [-0.39, 0.29) is 53.4 Å². The van der Waals surface area contributed by atoms with Crippen LogP contribution in [-0.4, -0.2) is 76.4 Å². The predicted molar refractivity (Wildman–Crippen MR) is 165 cm³/mol. The fourth-order valence-corrected chi connectivity index (χ4v) is 8.18. The molecular weight excluding hydrogens is 584 g/mol. The first-order valence-electron chi connectivity index (χ1n) is 16.0. The van der Waals surface area contributed by atoms with Gasteiger partial charge in [-0.15, -0.1) is 0 Å². The molecule has 236 valence electrons. The molecule has 0 unspecified atom stereocenters. The molecule has 3 fully saturated rings. The zero-order valence-electron chi connectivity index (χ0n) is 25.4. The number of fused-ring (bicyclic) bond motifs is 4. The molecule has 6 heterocycles. The number of aromatic nitrogens is 3. The van der Waals surface area contributed by atoms with Crippen LogP contribution >= 0.6 is 0 Å². The van der Waals surface area contributed by atoms with Crippen molar-refractivity contribution in [3.8, 4) is 17.3 Å². The van der Waals surface area contributed by atoms with E-state index in [1.807, 2.05) is 6.07 Å². The van der Waals surface area contributed by atoms with Crippen LogP contribution in [0.1, 0.15) is 56.5 Å². The monoisotopic (exact) mass is 620 g/mol. The lowest BCUT2D eigenvalue weighted by Crippen LogP contribution is -2.56. The number of nitrogens with zero attached hydrogens (tertiary/aromatic N) is 5. The molecule has 1 N–H and O–H groups in total. The fourth-order valence-electron chi connectivity index (χ4n) is 8.18. The van der Waals surface area contributed by atoms with E-state index in [4.69, 9.17) is 9.72 Å². The summed E-state index contributed by atoms with van der Waals surface area (Å²) >= 11 is 0. The summed E-state index contributed by atoms with van der Waals surface area (Å²) in [6, 6.07) is 8.18. The van der Waals surface area contributed by atoms with Crippen molar-refractivity contribution in [1.82, 2.24) is 25.2 Å². The number of pyridine rings is 1. The Morgan fingerprint density at radius 3 is 2.78 bits per heavy atom. The van der Waals surface area contributed by atoms with Gasteiger partial charge in [-0.25, -0.2) is 22.5 Å². The van der Waals surface area contributed by atoms with Crippen LogP contribution in [0.5, 0.6) is 6.01 Å². The Morgan fingerprint density at radius 2 is 1.93 bits per heavy atom. The van der Waals surface area contributed by atoms with Crippen molar-refractivity contribution in [3.05, 3.63) is 53.2 Å². The van der Waals surface area contributed by atoms with Gasteiger partial charge in [0.05, 0.1) is 16.6 Å². The van der Waals surface area contributed by atoms with Crippen LogP contribution in [0.3, 0.4) is 0 Å². The maximum Gasteiger partial charge on any atom is 0.319 e. The molecule has 0 saturated carbocycles. The molecule has 4 aliphatic rings. The van der Waals surface area contributed by atoms with Crippen molar-refractivity contribution >= 4 is 27.5 Å². The first-order chi connectivity index (χ1) is 21.8. The van der Waals surface area contributed by atoms with Gasteiger partial charge in [0.2, 0.25) is 0 Å². The number of ether oxygens (including phenoxy) is 1. The highest BCUT2D eigenvalue weighted by atomic mass is 19.1. The molecule has 3 saturated heterocycles. The molecule has 7 nitrogen and oxygen atoms in total. The van der Waals surface area contributed by atoms with Crippen LogP contribution in [0, 0.1) is 18.6 Å². The van der Waals surface area contributed by atoms with E-state index >= 15 is 8.78 Å². The molecule has 0 bridgehead atoms. The molecule has 4 aliphatic heterocycles. The first kappa shape index (κ1) is 28.9. The molecule has 0 aliphatic carbocycles. The summed E-state index contributed by atoms with van der Waals surface area (Å²) in [5, 5.41) is 4.98. The van der Waals surface area contributed by atoms with Crippen molar-refractivity contribution in [1.29, 1.82) is 0 Å². The van der Waals surface area contributed by atoms with Gasteiger partial charge in [0.25, 0.3) is 0 Å². The zero-order valence-corrected chi connectivity index (χ0v) is 25.4. The van der Waals surface area contributed by atoms with Gasteiger partial charge in [-0.05, 0) is 55.1 Å². The van der Waals surface area contributed by atoms with Crippen LogP contribution in [0.15, 0.2) is 30.3 Å². The SMILES string of the molecule is CC[C@@H]1CN2c3nc(OC[C@@]45CCCN4C[C@H](F)C5)nc4c(F)c(-c5cccc6ccc(F)c(C)c56)nc(c34)[C@@H](F)C[C@@H]2CN1. The smallest absolute Gasteiger partial charge is 0.319 e. The van der Waals surface area contributed by atoms with Crippen molar-refractivity contribution in [3.63, 3.8) is 0 Å². The number of hydrogen-bond acceptors (Lipinski definition) is 7. The fraction of sp³-hybridized carbons (Fsp3) is 0.500. The molecule has 5 atom stereocenters. The van der Waals surface area contributed by atoms with E-state index in [0.717, 1.165) is 31.2 Å². The van der Waals surface area contributed by atoms with Crippen molar-refractivity contribution in [2.45, 2.75) is 75.9 Å². The number of benzene rings is 2. The minimum absolute atomic E-state index is 0.0224. The standard InChI is InChI=1S/C34H36F4N6O/c1-3-21-16-44-22(14-39-21)12-25(37)30-27-31(28(38)29(40-30)23-7-4-6-19-8-9-24(36)18(2)26(19)23)41-33(42-32(27)44)45-17-34-10-5-11-43(34)15-20(35)13-34/h4,6-9,20-22,25,39H,3,5,10-17H2,1-2H3/t20-,21-,22-,25+,34+/m1/s1. The highest BCUT2D eigenvalue weighted by Crippen LogP contribution is 2.45.